The van der Waals surface area contributed by atoms with Crippen molar-refractivity contribution in [2.75, 3.05) is 7.11 Å². The van der Waals surface area contributed by atoms with Gasteiger partial charge in [-0.2, -0.15) is 5.10 Å². The van der Waals surface area contributed by atoms with Gasteiger partial charge in [-0.05, 0) is 37.6 Å². The van der Waals surface area contributed by atoms with Crippen molar-refractivity contribution in [1.29, 1.82) is 0 Å². The predicted octanol–water partition coefficient (Wildman–Crippen LogP) is 2.21. The number of carbonyl (C=O) groups is 2. The van der Waals surface area contributed by atoms with Crippen molar-refractivity contribution in [2.24, 2.45) is 7.05 Å². The Morgan fingerprint density at radius 1 is 1.11 bits per heavy atom. The van der Waals surface area contributed by atoms with E-state index in [0.717, 1.165) is 17.0 Å². The van der Waals surface area contributed by atoms with Gasteiger partial charge in [-0.1, -0.05) is 12.1 Å². The summed E-state index contributed by atoms with van der Waals surface area (Å²) >= 11 is 0. The van der Waals surface area contributed by atoms with E-state index in [0.29, 0.717) is 22.6 Å². The molecule has 2 heterocycles. The minimum absolute atomic E-state index is 0.228. The summed E-state index contributed by atoms with van der Waals surface area (Å²) in [6.07, 6.45) is 1.60. The van der Waals surface area contributed by atoms with E-state index >= 15 is 0 Å². The third kappa shape index (κ3) is 4.06. The summed E-state index contributed by atoms with van der Waals surface area (Å²) < 4.78 is 6.28. The van der Waals surface area contributed by atoms with Crippen LogP contribution >= 0.6 is 0 Å². The number of aryl methyl sites for hydroxylation is 3. The lowest BCUT2D eigenvalue weighted by Crippen LogP contribution is -2.24. The Morgan fingerprint density at radius 2 is 1.75 bits per heavy atom. The lowest BCUT2D eigenvalue weighted by Gasteiger charge is -2.07. The van der Waals surface area contributed by atoms with E-state index in [1.807, 2.05) is 19.9 Å². The van der Waals surface area contributed by atoms with Gasteiger partial charge in [0, 0.05) is 29.6 Å². The van der Waals surface area contributed by atoms with Crippen LogP contribution in [0.2, 0.25) is 0 Å². The molecule has 1 N–H and O–H groups in total. The van der Waals surface area contributed by atoms with Crippen LogP contribution in [0.4, 0.5) is 0 Å². The Kier molecular flexibility index (Phi) is 5.49. The van der Waals surface area contributed by atoms with Crippen LogP contribution in [-0.4, -0.2) is 38.7 Å². The lowest BCUT2D eigenvalue weighted by atomic mass is 10.0. The number of rotatable bonds is 5. The number of methoxy groups -OCH3 is 1. The zero-order chi connectivity index (χ0) is 20.3. The number of ether oxygens (including phenoxy) is 1. The summed E-state index contributed by atoms with van der Waals surface area (Å²) in [7, 11) is 3.00. The maximum absolute atomic E-state index is 12.4. The van der Waals surface area contributed by atoms with Crippen LogP contribution in [0.25, 0.3) is 11.1 Å². The molecule has 8 heteroatoms. The van der Waals surface area contributed by atoms with Crippen molar-refractivity contribution in [2.45, 2.75) is 20.4 Å². The smallest absolute Gasteiger partial charge is 0.356 e. The molecule has 0 unspecified atom stereocenters. The molecular weight excluding hydrogens is 358 g/mol. The second-order valence-corrected chi connectivity index (χ2v) is 6.35. The normalized spacial score (nSPS) is 10.6. The van der Waals surface area contributed by atoms with Crippen molar-refractivity contribution >= 4 is 11.9 Å². The van der Waals surface area contributed by atoms with Gasteiger partial charge < -0.3 is 10.1 Å². The molecule has 144 valence electrons. The highest BCUT2D eigenvalue weighted by Gasteiger charge is 2.19. The summed E-state index contributed by atoms with van der Waals surface area (Å²) in [5.41, 5.74) is 3.98. The number of nitrogens with zero attached hydrogens (tertiary/aromatic N) is 4. The van der Waals surface area contributed by atoms with Crippen molar-refractivity contribution < 1.29 is 14.3 Å². The first-order valence-corrected chi connectivity index (χ1v) is 8.69. The second kappa shape index (κ2) is 7.99. The summed E-state index contributed by atoms with van der Waals surface area (Å²) in [6, 6.07) is 8.81. The SMILES string of the molecule is COC(=O)c1c(-c2ccc(C(=O)NCc3nc(C)cc(C)n3)cc2)cnn1C. The molecule has 0 saturated heterocycles. The summed E-state index contributed by atoms with van der Waals surface area (Å²) in [6.45, 7) is 4.03. The molecule has 0 spiro atoms. The zero-order valence-corrected chi connectivity index (χ0v) is 16.2. The first-order valence-electron chi connectivity index (χ1n) is 8.69. The van der Waals surface area contributed by atoms with Crippen molar-refractivity contribution in [3.05, 3.63) is 65.0 Å². The molecule has 8 nitrogen and oxygen atoms in total. The van der Waals surface area contributed by atoms with Crippen LogP contribution in [0, 0.1) is 13.8 Å². The zero-order valence-electron chi connectivity index (χ0n) is 16.2. The Balaban J connectivity index is 1.74. The highest BCUT2D eigenvalue weighted by Crippen LogP contribution is 2.24. The maximum atomic E-state index is 12.4. The van der Waals surface area contributed by atoms with Crippen LogP contribution in [-0.2, 0) is 18.3 Å². The van der Waals surface area contributed by atoms with Gasteiger partial charge in [0.2, 0.25) is 0 Å². The number of aromatic nitrogens is 4. The topological polar surface area (TPSA) is 99.0 Å². The van der Waals surface area contributed by atoms with Crippen LogP contribution in [0.5, 0.6) is 0 Å². The van der Waals surface area contributed by atoms with E-state index < -0.39 is 5.97 Å². The number of carbonyl (C=O) groups excluding carboxylic acids is 2. The van der Waals surface area contributed by atoms with Crippen LogP contribution < -0.4 is 5.32 Å². The molecule has 0 fully saturated rings. The first-order chi connectivity index (χ1) is 13.4. The van der Waals surface area contributed by atoms with Gasteiger partial charge in [0.05, 0.1) is 19.9 Å². The molecule has 3 rings (SSSR count). The van der Waals surface area contributed by atoms with Crippen LogP contribution in [0.3, 0.4) is 0 Å². The number of nitrogens with one attached hydrogen (secondary N) is 1. The molecule has 3 aromatic rings. The molecule has 0 atom stereocenters. The molecular formula is C20H21N5O3. The first kappa shape index (κ1) is 19.2. The summed E-state index contributed by atoms with van der Waals surface area (Å²) in [5, 5.41) is 6.94. The highest BCUT2D eigenvalue weighted by atomic mass is 16.5. The van der Waals surface area contributed by atoms with Gasteiger partial charge in [-0.3, -0.25) is 9.48 Å². The average molecular weight is 379 g/mol. The number of hydrogen-bond acceptors (Lipinski definition) is 6. The van der Waals surface area contributed by atoms with Gasteiger partial charge in [-0.15, -0.1) is 0 Å². The Labute approximate surface area is 162 Å². The molecule has 1 aromatic carbocycles. The fraction of sp³-hybridized carbons (Fsp3) is 0.250. The molecule has 1 amide bonds. The lowest BCUT2D eigenvalue weighted by molar-refractivity contribution is 0.0589. The molecule has 2 aromatic heterocycles. The minimum atomic E-state index is -0.467. The predicted molar refractivity (Wildman–Crippen MR) is 103 cm³/mol. The van der Waals surface area contributed by atoms with Crippen molar-refractivity contribution in [3.8, 4) is 11.1 Å². The number of hydrogen-bond donors (Lipinski definition) is 1. The third-order valence-electron chi connectivity index (χ3n) is 4.21. The van der Waals surface area contributed by atoms with E-state index in [2.05, 4.69) is 20.4 Å². The monoisotopic (exact) mass is 379 g/mol. The Bertz CT molecular complexity index is 1000. The van der Waals surface area contributed by atoms with Crippen molar-refractivity contribution in [3.63, 3.8) is 0 Å². The molecule has 0 aliphatic rings. The molecule has 0 aliphatic carbocycles. The van der Waals surface area contributed by atoms with Gasteiger partial charge in [0.15, 0.2) is 5.69 Å². The maximum Gasteiger partial charge on any atom is 0.356 e. The van der Waals surface area contributed by atoms with Gasteiger partial charge in [-0.25, -0.2) is 14.8 Å². The minimum Gasteiger partial charge on any atom is -0.464 e. The van der Waals surface area contributed by atoms with Gasteiger partial charge in [0.1, 0.15) is 5.82 Å². The van der Waals surface area contributed by atoms with Crippen LogP contribution in [0.15, 0.2) is 36.5 Å². The largest absolute Gasteiger partial charge is 0.464 e. The summed E-state index contributed by atoms with van der Waals surface area (Å²) in [5.74, 6) is -0.125. The highest BCUT2D eigenvalue weighted by molar-refractivity contribution is 5.97. The third-order valence-corrected chi connectivity index (χ3v) is 4.21. The molecule has 28 heavy (non-hydrogen) atoms. The van der Waals surface area contributed by atoms with Crippen LogP contribution in [0.1, 0.15) is 38.1 Å². The Hall–Kier alpha value is -3.55. The Morgan fingerprint density at radius 3 is 2.36 bits per heavy atom. The van der Waals surface area contributed by atoms with E-state index in [1.54, 1.807) is 37.5 Å². The fourth-order valence-electron chi connectivity index (χ4n) is 2.93. The molecule has 0 aliphatic heterocycles. The van der Waals surface area contributed by atoms with Crippen molar-refractivity contribution in [1.82, 2.24) is 25.1 Å². The number of esters is 1. The average Bonchev–Trinajstić information content (AvgIpc) is 3.06. The fourth-order valence-corrected chi connectivity index (χ4v) is 2.93. The van der Waals surface area contributed by atoms with E-state index in [4.69, 9.17) is 4.74 Å². The van der Waals surface area contributed by atoms with E-state index in [9.17, 15) is 9.59 Å². The van der Waals surface area contributed by atoms with Gasteiger partial charge in [0.25, 0.3) is 5.91 Å². The molecule has 0 radical (unpaired) electrons. The molecule has 0 bridgehead atoms. The standard InChI is InChI=1S/C20H21N5O3/c1-12-9-13(2)24-17(23-12)11-21-19(26)15-7-5-14(6-8-15)16-10-22-25(3)18(16)20(27)28-4/h5-10H,11H2,1-4H3,(H,21,26). The second-order valence-electron chi connectivity index (χ2n) is 6.35. The summed E-state index contributed by atoms with van der Waals surface area (Å²) in [4.78, 5) is 33.0. The van der Waals surface area contributed by atoms with Gasteiger partial charge >= 0.3 is 5.97 Å². The number of amides is 1. The van der Waals surface area contributed by atoms with E-state index in [1.165, 1.54) is 11.8 Å². The molecule has 0 saturated carbocycles. The number of benzene rings is 1. The van der Waals surface area contributed by atoms with E-state index in [-0.39, 0.29) is 12.5 Å². The quantitative estimate of drug-likeness (QED) is 0.683.